The van der Waals surface area contributed by atoms with E-state index in [1.165, 1.54) is 11.2 Å². The number of likely N-dealkylation sites (N-methyl/N-ethyl adjacent to an activating group) is 2. The smallest absolute Gasteiger partial charge is 0.242 e. The van der Waals surface area contributed by atoms with Crippen LogP contribution < -0.4 is 5.32 Å². The molecule has 0 fully saturated rings. The maximum Gasteiger partial charge on any atom is 0.242 e. The number of sulfone groups is 1. The van der Waals surface area contributed by atoms with Crippen molar-refractivity contribution in [1.82, 2.24) is 10.2 Å². The first-order valence-corrected chi connectivity index (χ1v) is 7.34. The molecule has 0 bridgehead atoms. The fourth-order valence-electron chi connectivity index (χ4n) is 1.40. The van der Waals surface area contributed by atoms with Gasteiger partial charge < -0.3 is 10.2 Å². The van der Waals surface area contributed by atoms with Crippen LogP contribution in [0.2, 0.25) is 0 Å². The lowest BCUT2D eigenvalue weighted by molar-refractivity contribution is -0.135. The van der Waals surface area contributed by atoms with Crippen molar-refractivity contribution in [3.63, 3.8) is 0 Å². The zero-order valence-electron chi connectivity index (χ0n) is 10.7. The van der Waals surface area contributed by atoms with Crippen molar-refractivity contribution >= 4 is 15.7 Å². The highest BCUT2D eigenvalue weighted by Crippen LogP contribution is 2.06. The predicted molar refractivity (Wildman–Crippen MR) is 65.1 cm³/mol. The van der Waals surface area contributed by atoms with Gasteiger partial charge in [-0.05, 0) is 20.4 Å². The van der Waals surface area contributed by atoms with Crippen molar-refractivity contribution in [2.24, 2.45) is 0 Å². The molecular formula is C10H22N2O3S. The highest BCUT2D eigenvalue weighted by atomic mass is 32.2. The zero-order chi connectivity index (χ0) is 13.0. The van der Waals surface area contributed by atoms with Gasteiger partial charge in [-0.2, -0.15) is 0 Å². The van der Waals surface area contributed by atoms with Crippen LogP contribution in [0, 0.1) is 0 Å². The quantitative estimate of drug-likeness (QED) is 0.713. The van der Waals surface area contributed by atoms with E-state index in [1.807, 2.05) is 6.92 Å². The van der Waals surface area contributed by atoms with Crippen LogP contribution >= 0.6 is 0 Å². The van der Waals surface area contributed by atoms with E-state index in [1.54, 1.807) is 20.9 Å². The first-order valence-electron chi connectivity index (χ1n) is 5.28. The number of hydrogen-bond donors (Lipinski definition) is 1. The molecule has 1 amide bonds. The molecule has 0 radical (unpaired) electrons. The number of amides is 1. The summed E-state index contributed by atoms with van der Waals surface area (Å²) in [6.07, 6.45) is 1.17. The number of nitrogens with zero attached hydrogens (tertiary/aromatic N) is 1. The number of rotatable bonds is 6. The molecule has 0 saturated carbocycles. The minimum Gasteiger partial charge on any atom is -0.343 e. The summed E-state index contributed by atoms with van der Waals surface area (Å²) in [4.78, 5) is 13.4. The van der Waals surface area contributed by atoms with Crippen LogP contribution in [0.25, 0.3) is 0 Å². The van der Waals surface area contributed by atoms with E-state index < -0.39 is 15.4 Å². The van der Waals surface area contributed by atoms with Crippen LogP contribution in [0.1, 0.15) is 20.8 Å². The summed E-state index contributed by atoms with van der Waals surface area (Å²) < 4.78 is 22.0. The summed E-state index contributed by atoms with van der Waals surface area (Å²) in [7, 11) is -1.41. The van der Waals surface area contributed by atoms with Gasteiger partial charge in [0.25, 0.3) is 0 Å². The topological polar surface area (TPSA) is 66.5 Å². The third kappa shape index (κ3) is 5.46. The molecule has 0 aromatic carbocycles. The Hall–Kier alpha value is -0.620. The molecule has 0 heterocycles. The number of hydrogen-bond acceptors (Lipinski definition) is 4. The van der Waals surface area contributed by atoms with E-state index in [2.05, 4.69) is 5.32 Å². The summed E-state index contributed by atoms with van der Waals surface area (Å²) in [5.74, 6) is -0.102. The molecule has 96 valence electrons. The fourth-order valence-corrected chi connectivity index (χ4v) is 2.00. The summed E-state index contributed by atoms with van der Waals surface area (Å²) in [6, 6.07) is 0. The van der Waals surface area contributed by atoms with Gasteiger partial charge in [-0.1, -0.05) is 6.92 Å². The van der Waals surface area contributed by atoms with Crippen molar-refractivity contribution in [2.45, 2.75) is 26.3 Å². The van der Waals surface area contributed by atoms with Gasteiger partial charge in [0.05, 0.1) is 11.3 Å². The monoisotopic (exact) mass is 250 g/mol. The first-order chi connectivity index (χ1) is 7.10. The van der Waals surface area contributed by atoms with E-state index in [0.717, 1.165) is 0 Å². The minimum absolute atomic E-state index is 0.00253. The van der Waals surface area contributed by atoms with Crippen molar-refractivity contribution < 1.29 is 13.2 Å². The molecule has 0 rings (SSSR count). The Labute approximate surface area is 98.1 Å². The van der Waals surface area contributed by atoms with Gasteiger partial charge >= 0.3 is 0 Å². The molecule has 0 atom stereocenters. The van der Waals surface area contributed by atoms with Gasteiger partial charge in [0.1, 0.15) is 9.84 Å². The third-order valence-corrected chi connectivity index (χ3v) is 3.22. The molecule has 0 aliphatic carbocycles. The van der Waals surface area contributed by atoms with E-state index in [-0.39, 0.29) is 18.2 Å². The van der Waals surface area contributed by atoms with Gasteiger partial charge in [0.2, 0.25) is 5.91 Å². The summed E-state index contributed by atoms with van der Waals surface area (Å²) in [5, 5.41) is 3.06. The van der Waals surface area contributed by atoms with Crippen LogP contribution in [0.15, 0.2) is 0 Å². The van der Waals surface area contributed by atoms with E-state index >= 15 is 0 Å². The van der Waals surface area contributed by atoms with Crippen LogP contribution in [0.4, 0.5) is 0 Å². The molecule has 0 unspecified atom stereocenters. The lowest BCUT2D eigenvalue weighted by Gasteiger charge is -2.29. The number of nitrogens with one attached hydrogen (secondary N) is 1. The summed E-state index contributed by atoms with van der Waals surface area (Å²) >= 11 is 0. The average molecular weight is 250 g/mol. The molecule has 0 aromatic heterocycles. The zero-order valence-corrected chi connectivity index (χ0v) is 11.5. The Morgan fingerprint density at radius 3 is 2.25 bits per heavy atom. The minimum atomic E-state index is -3.02. The van der Waals surface area contributed by atoms with Crippen molar-refractivity contribution in [3.8, 4) is 0 Å². The lowest BCUT2D eigenvalue weighted by Crippen LogP contribution is -2.53. The second-order valence-corrected chi connectivity index (χ2v) is 6.77. The maximum atomic E-state index is 11.9. The molecule has 5 nitrogen and oxygen atoms in total. The highest BCUT2D eigenvalue weighted by molar-refractivity contribution is 7.90. The fraction of sp³-hybridized carbons (Fsp3) is 0.900. The Morgan fingerprint density at radius 1 is 1.38 bits per heavy atom. The molecular weight excluding hydrogens is 228 g/mol. The average Bonchev–Trinajstić information content (AvgIpc) is 2.11. The van der Waals surface area contributed by atoms with Crippen LogP contribution in [0.5, 0.6) is 0 Å². The van der Waals surface area contributed by atoms with Crippen LogP contribution in [0.3, 0.4) is 0 Å². The van der Waals surface area contributed by atoms with Crippen molar-refractivity contribution in [1.29, 1.82) is 0 Å². The van der Waals surface area contributed by atoms with Crippen molar-refractivity contribution in [2.75, 3.05) is 32.1 Å². The van der Waals surface area contributed by atoms with E-state index in [4.69, 9.17) is 0 Å². The number of carbonyl (C=O) groups excluding carboxylic acids is 1. The Balaban J connectivity index is 4.39. The Kier molecular flexibility index (Phi) is 5.41. The summed E-state index contributed by atoms with van der Waals surface area (Å²) in [6.45, 7) is 6.42. The van der Waals surface area contributed by atoms with E-state index in [9.17, 15) is 13.2 Å². The van der Waals surface area contributed by atoms with Gasteiger partial charge in [-0.3, -0.25) is 4.79 Å². The molecule has 6 heteroatoms. The molecule has 0 saturated heterocycles. The molecule has 0 aliphatic rings. The third-order valence-electron chi connectivity index (χ3n) is 2.30. The lowest BCUT2D eigenvalue weighted by atomic mass is 10.0. The largest absolute Gasteiger partial charge is 0.343 e. The molecule has 0 aromatic rings. The van der Waals surface area contributed by atoms with Gasteiger partial charge in [-0.25, -0.2) is 8.42 Å². The van der Waals surface area contributed by atoms with Gasteiger partial charge in [0.15, 0.2) is 0 Å². The normalized spacial score (nSPS) is 12.6. The Bertz CT molecular complexity index is 336. The number of carbonyl (C=O) groups is 1. The molecule has 16 heavy (non-hydrogen) atoms. The second-order valence-electron chi connectivity index (χ2n) is 4.51. The standard InChI is InChI=1S/C10H22N2O3S/c1-6-11-10(2,3)9(13)12(4)7-8-16(5,14)15/h11H,6-8H2,1-5H3. The van der Waals surface area contributed by atoms with E-state index in [0.29, 0.717) is 6.54 Å². The predicted octanol–water partition coefficient (Wildman–Crippen LogP) is -0.122. The SMILES string of the molecule is CCNC(C)(C)C(=O)N(C)CCS(C)(=O)=O. The molecule has 0 aliphatic heterocycles. The first kappa shape index (κ1) is 15.4. The molecule has 1 N–H and O–H groups in total. The van der Waals surface area contributed by atoms with Crippen molar-refractivity contribution in [3.05, 3.63) is 0 Å². The van der Waals surface area contributed by atoms with Crippen LogP contribution in [-0.2, 0) is 14.6 Å². The van der Waals surface area contributed by atoms with Crippen LogP contribution in [-0.4, -0.2) is 56.9 Å². The maximum absolute atomic E-state index is 11.9. The summed E-state index contributed by atoms with van der Waals surface area (Å²) in [5.41, 5.74) is -0.652. The van der Waals surface area contributed by atoms with Gasteiger partial charge in [-0.15, -0.1) is 0 Å². The Morgan fingerprint density at radius 2 is 1.88 bits per heavy atom. The van der Waals surface area contributed by atoms with Gasteiger partial charge in [0, 0.05) is 19.8 Å². The second kappa shape index (κ2) is 5.63. The highest BCUT2D eigenvalue weighted by Gasteiger charge is 2.29. The molecule has 0 spiro atoms.